The monoisotopic (exact) mass is 393 g/mol. The van der Waals surface area contributed by atoms with E-state index in [1.165, 1.54) is 11.0 Å². The molecule has 1 aromatic rings. The molecule has 0 spiro atoms. The highest BCUT2D eigenvalue weighted by Crippen LogP contribution is 2.32. The number of carbonyl (C=O) groups is 2. The Kier molecular flexibility index (Phi) is 7.89. The highest BCUT2D eigenvalue weighted by molar-refractivity contribution is 5.97. The molecule has 1 unspecified atom stereocenters. The van der Waals surface area contributed by atoms with Gasteiger partial charge < -0.3 is 16.0 Å². The molecule has 2 rings (SSSR count). The van der Waals surface area contributed by atoms with E-state index in [9.17, 15) is 22.8 Å². The van der Waals surface area contributed by atoms with Gasteiger partial charge in [0, 0.05) is 25.2 Å². The zero-order valence-corrected chi connectivity index (χ0v) is 15.3. The van der Waals surface area contributed by atoms with Crippen molar-refractivity contribution in [3.8, 4) is 0 Å². The van der Waals surface area contributed by atoms with Crippen LogP contribution in [0.15, 0.2) is 18.2 Å². The first-order valence-electron chi connectivity index (χ1n) is 8.27. The Labute approximate surface area is 156 Å². The number of halogens is 4. The third-order valence-electron chi connectivity index (χ3n) is 4.16. The fourth-order valence-electron chi connectivity index (χ4n) is 2.97. The van der Waals surface area contributed by atoms with Crippen LogP contribution in [0, 0.1) is 0 Å². The van der Waals surface area contributed by atoms with Crippen LogP contribution in [0.3, 0.4) is 0 Å². The largest absolute Gasteiger partial charge is 0.416 e. The normalized spacial score (nSPS) is 17.0. The Bertz CT molecular complexity index is 653. The van der Waals surface area contributed by atoms with Gasteiger partial charge in [0.15, 0.2) is 0 Å². The first-order chi connectivity index (χ1) is 11.8. The van der Waals surface area contributed by atoms with Gasteiger partial charge in [0.05, 0.1) is 5.56 Å². The van der Waals surface area contributed by atoms with E-state index in [0.717, 1.165) is 12.1 Å². The molecule has 1 saturated heterocycles. The third kappa shape index (κ3) is 5.35. The smallest absolute Gasteiger partial charge is 0.331 e. The molecule has 1 aromatic carbocycles. The Hall–Kier alpha value is -1.80. The van der Waals surface area contributed by atoms with Crippen molar-refractivity contribution in [2.24, 2.45) is 5.73 Å². The lowest BCUT2D eigenvalue weighted by molar-refractivity contribution is -0.137. The molecule has 1 aliphatic rings. The lowest BCUT2D eigenvalue weighted by Crippen LogP contribution is -2.43. The minimum Gasteiger partial charge on any atom is -0.331 e. The first kappa shape index (κ1) is 22.2. The number of likely N-dealkylation sites (tertiary alicyclic amines) is 1. The number of rotatable bonds is 5. The Balaban J connectivity index is 0.00000338. The third-order valence-corrected chi connectivity index (χ3v) is 4.16. The van der Waals surface area contributed by atoms with E-state index in [1.54, 1.807) is 0 Å². The summed E-state index contributed by atoms with van der Waals surface area (Å²) in [6.45, 7) is 2.30. The Morgan fingerprint density at radius 3 is 2.58 bits per heavy atom. The summed E-state index contributed by atoms with van der Waals surface area (Å²) >= 11 is 0. The zero-order valence-electron chi connectivity index (χ0n) is 14.4. The van der Waals surface area contributed by atoms with Crippen molar-refractivity contribution in [3.05, 3.63) is 29.3 Å². The lowest BCUT2D eigenvalue weighted by Gasteiger charge is -2.24. The van der Waals surface area contributed by atoms with Crippen molar-refractivity contribution < 1.29 is 22.8 Å². The number of hydrogen-bond acceptors (Lipinski definition) is 3. The minimum absolute atomic E-state index is 0. The molecule has 1 fully saturated rings. The lowest BCUT2D eigenvalue weighted by atomic mass is 10.1. The van der Waals surface area contributed by atoms with Crippen LogP contribution in [0.1, 0.15) is 43.7 Å². The number of benzene rings is 1. The molecule has 5 nitrogen and oxygen atoms in total. The van der Waals surface area contributed by atoms with Gasteiger partial charge in [-0.15, -0.1) is 12.4 Å². The molecule has 26 heavy (non-hydrogen) atoms. The summed E-state index contributed by atoms with van der Waals surface area (Å²) in [5.74, 6) is -0.573. The maximum atomic E-state index is 13.0. The van der Waals surface area contributed by atoms with Crippen LogP contribution in [-0.2, 0) is 22.3 Å². The van der Waals surface area contributed by atoms with Gasteiger partial charge in [-0.1, -0.05) is 6.92 Å². The van der Waals surface area contributed by atoms with E-state index in [4.69, 9.17) is 5.73 Å². The van der Waals surface area contributed by atoms with E-state index >= 15 is 0 Å². The molecule has 9 heteroatoms. The van der Waals surface area contributed by atoms with Crippen molar-refractivity contribution in [3.63, 3.8) is 0 Å². The molecule has 146 valence electrons. The molecular formula is C17H23ClF3N3O2. The highest BCUT2D eigenvalue weighted by Gasteiger charge is 2.34. The van der Waals surface area contributed by atoms with Crippen LogP contribution in [0.5, 0.6) is 0 Å². The van der Waals surface area contributed by atoms with Crippen LogP contribution < -0.4 is 11.1 Å². The summed E-state index contributed by atoms with van der Waals surface area (Å²) in [4.78, 5) is 26.1. The molecule has 1 aliphatic heterocycles. The number of nitrogens with zero attached hydrogens (tertiary/aromatic N) is 1. The zero-order chi connectivity index (χ0) is 18.6. The summed E-state index contributed by atoms with van der Waals surface area (Å²) in [5, 5.41) is 2.51. The molecule has 0 aromatic heterocycles. The van der Waals surface area contributed by atoms with Crippen LogP contribution in [-0.4, -0.2) is 29.3 Å². The van der Waals surface area contributed by atoms with Crippen molar-refractivity contribution in [1.29, 1.82) is 0 Å². The molecular weight excluding hydrogens is 371 g/mol. The van der Waals surface area contributed by atoms with E-state index in [0.29, 0.717) is 32.2 Å². The fraction of sp³-hybridized carbons (Fsp3) is 0.529. The molecule has 1 atom stereocenters. The van der Waals surface area contributed by atoms with E-state index in [1.807, 2.05) is 6.92 Å². The predicted molar refractivity (Wildman–Crippen MR) is 94.9 cm³/mol. The van der Waals surface area contributed by atoms with Gasteiger partial charge in [0.2, 0.25) is 11.8 Å². The van der Waals surface area contributed by atoms with Crippen LogP contribution >= 0.6 is 12.4 Å². The first-order valence-corrected chi connectivity index (χ1v) is 8.27. The Morgan fingerprint density at radius 1 is 1.31 bits per heavy atom. The number of carbonyl (C=O) groups excluding carboxylic acids is 2. The van der Waals surface area contributed by atoms with Crippen molar-refractivity contribution in [2.45, 2.75) is 51.4 Å². The van der Waals surface area contributed by atoms with Gasteiger partial charge >= 0.3 is 6.18 Å². The second-order valence-electron chi connectivity index (χ2n) is 6.10. The summed E-state index contributed by atoms with van der Waals surface area (Å²) in [7, 11) is 0. The van der Waals surface area contributed by atoms with Crippen molar-refractivity contribution in [2.75, 3.05) is 11.9 Å². The molecule has 2 amide bonds. The van der Waals surface area contributed by atoms with Gasteiger partial charge in [-0.3, -0.25) is 9.59 Å². The van der Waals surface area contributed by atoms with Crippen molar-refractivity contribution >= 4 is 29.9 Å². The van der Waals surface area contributed by atoms with Crippen molar-refractivity contribution in [1.82, 2.24) is 4.90 Å². The summed E-state index contributed by atoms with van der Waals surface area (Å²) in [6.07, 6.45) is -2.29. The van der Waals surface area contributed by atoms with Gasteiger partial charge in [0.1, 0.15) is 6.04 Å². The second kappa shape index (κ2) is 9.23. The standard InChI is InChI=1S/C17H22F3N3O2.ClH/c1-2-4-15(24)23-6-3-5-14(23)16(25)22-13-8-11(10-21)7-12(9-13)17(18,19)20;/h7-9,14H,2-6,10,21H2,1H3,(H,22,25);1H. The second-order valence-corrected chi connectivity index (χ2v) is 6.10. The highest BCUT2D eigenvalue weighted by atomic mass is 35.5. The number of anilines is 1. The van der Waals surface area contributed by atoms with Crippen LogP contribution in [0.2, 0.25) is 0 Å². The predicted octanol–water partition coefficient (Wildman–Crippen LogP) is 3.32. The molecule has 0 aliphatic carbocycles. The number of alkyl halides is 3. The number of nitrogens with one attached hydrogen (secondary N) is 1. The van der Waals surface area contributed by atoms with Gasteiger partial charge in [0.25, 0.3) is 0 Å². The topological polar surface area (TPSA) is 75.4 Å². The number of amides is 2. The number of hydrogen-bond donors (Lipinski definition) is 2. The maximum Gasteiger partial charge on any atom is 0.416 e. The fourth-order valence-corrected chi connectivity index (χ4v) is 2.97. The van der Waals surface area contributed by atoms with E-state index in [-0.39, 0.29) is 36.1 Å². The summed E-state index contributed by atoms with van der Waals surface area (Å²) < 4.78 is 38.9. The molecule has 0 saturated carbocycles. The number of nitrogens with two attached hydrogens (primary N) is 1. The maximum absolute atomic E-state index is 13.0. The molecule has 1 heterocycles. The average molecular weight is 394 g/mol. The van der Waals surface area contributed by atoms with Gasteiger partial charge in [-0.05, 0) is 43.0 Å². The molecule has 3 N–H and O–H groups in total. The summed E-state index contributed by atoms with van der Waals surface area (Å²) in [6, 6.07) is 2.61. The van der Waals surface area contributed by atoms with Gasteiger partial charge in [-0.25, -0.2) is 0 Å². The average Bonchev–Trinajstić information content (AvgIpc) is 3.03. The van der Waals surface area contributed by atoms with E-state index in [2.05, 4.69) is 5.32 Å². The van der Waals surface area contributed by atoms with E-state index < -0.39 is 23.7 Å². The summed E-state index contributed by atoms with van der Waals surface area (Å²) in [5.41, 5.74) is 4.89. The van der Waals surface area contributed by atoms with Crippen LogP contribution in [0.25, 0.3) is 0 Å². The minimum atomic E-state index is -4.53. The Morgan fingerprint density at radius 2 is 2.00 bits per heavy atom. The van der Waals surface area contributed by atoms with Crippen LogP contribution in [0.4, 0.5) is 18.9 Å². The SMILES string of the molecule is CCCC(=O)N1CCCC1C(=O)Nc1cc(CN)cc(C(F)(F)F)c1.Cl. The molecule has 0 bridgehead atoms. The molecule has 0 radical (unpaired) electrons. The van der Waals surface area contributed by atoms with Gasteiger partial charge in [-0.2, -0.15) is 13.2 Å². The quantitative estimate of drug-likeness (QED) is 0.805.